The van der Waals surface area contributed by atoms with E-state index in [9.17, 15) is 4.79 Å². The van der Waals surface area contributed by atoms with Crippen molar-refractivity contribution in [1.82, 2.24) is 10.6 Å². The standard InChI is InChI=1S/C14H19BrN2O/c15-13-3-1-11(2-4-13)6-8-17-14(18)9-12-5-7-16-10-12/h1-4,12,16H,5-10H2,(H,17,18). The van der Waals surface area contributed by atoms with Gasteiger partial charge in [0.05, 0.1) is 0 Å². The molecule has 0 aromatic heterocycles. The molecule has 1 aliphatic rings. The highest BCUT2D eigenvalue weighted by Gasteiger charge is 2.17. The van der Waals surface area contributed by atoms with Gasteiger partial charge >= 0.3 is 0 Å². The topological polar surface area (TPSA) is 41.1 Å². The molecule has 4 heteroatoms. The molecule has 0 saturated carbocycles. The lowest BCUT2D eigenvalue weighted by atomic mass is 10.0. The largest absolute Gasteiger partial charge is 0.356 e. The van der Waals surface area contributed by atoms with Gasteiger partial charge in [0, 0.05) is 17.4 Å². The number of carbonyl (C=O) groups excluding carboxylic acids is 1. The Bertz CT molecular complexity index is 385. The van der Waals surface area contributed by atoms with Crippen LogP contribution in [0.5, 0.6) is 0 Å². The van der Waals surface area contributed by atoms with E-state index in [4.69, 9.17) is 0 Å². The van der Waals surface area contributed by atoms with E-state index < -0.39 is 0 Å². The number of halogens is 1. The first-order chi connectivity index (χ1) is 8.74. The summed E-state index contributed by atoms with van der Waals surface area (Å²) in [5.74, 6) is 0.707. The Balaban J connectivity index is 1.65. The Morgan fingerprint density at radius 2 is 2.17 bits per heavy atom. The van der Waals surface area contributed by atoms with Gasteiger partial charge in [0.25, 0.3) is 0 Å². The highest BCUT2D eigenvalue weighted by atomic mass is 79.9. The molecule has 1 atom stereocenters. The number of carbonyl (C=O) groups is 1. The fourth-order valence-electron chi connectivity index (χ4n) is 2.22. The van der Waals surface area contributed by atoms with Crippen LogP contribution >= 0.6 is 15.9 Å². The molecule has 1 fully saturated rings. The van der Waals surface area contributed by atoms with Gasteiger partial charge < -0.3 is 10.6 Å². The Kier molecular flexibility index (Phi) is 5.20. The molecule has 1 amide bonds. The van der Waals surface area contributed by atoms with Gasteiger partial charge in [-0.1, -0.05) is 28.1 Å². The van der Waals surface area contributed by atoms with E-state index in [0.717, 1.165) is 36.9 Å². The summed E-state index contributed by atoms with van der Waals surface area (Å²) in [6, 6.07) is 8.22. The van der Waals surface area contributed by atoms with Gasteiger partial charge in [-0.3, -0.25) is 4.79 Å². The van der Waals surface area contributed by atoms with Gasteiger partial charge in [0.15, 0.2) is 0 Å². The molecular formula is C14H19BrN2O. The molecule has 1 aromatic rings. The number of nitrogens with one attached hydrogen (secondary N) is 2. The van der Waals surface area contributed by atoms with Crippen molar-refractivity contribution in [3.63, 3.8) is 0 Å². The number of hydrogen-bond donors (Lipinski definition) is 2. The molecule has 1 saturated heterocycles. The molecular weight excluding hydrogens is 292 g/mol. The SMILES string of the molecule is O=C(CC1CCNC1)NCCc1ccc(Br)cc1. The van der Waals surface area contributed by atoms with E-state index in [2.05, 4.69) is 38.7 Å². The van der Waals surface area contributed by atoms with E-state index in [1.54, 1.807) is 0 Å². The molecule has 1 aromatic carbocycles. The zero-order valence-electron chi connectivity index (χ0n) is 10.4. The molecule has 3 nitrogen and oxygen atoms in total. The van der Waals surface area contributed by atoms with E-state index in [1.165, 1.54) is 5.56 Å². The van der Waals surface area contributed by atoms with Crippen LogP contribution in [0.25, 0.3) is 0 Å². The average molecular weight is 311 g/mol. The summed E-state index contributed by atoms with van der Waals surface area (Å²) in [5, 5.41) is 6.27. The van der Waals surface area contributed by atoms with Crippen molar-refractivity contribution in [3.8, 4) is 0 Å². The lowest BCUT2D eigenvalue weighted by Crippen LogP contribution is -2.28. The molecule has 2 N–H and O–H groups in total. The molecule has 1 heterocycles. The zero-order chi connectivity index (χ0) is 12.8. The van der Waals surface area contributed by atoms with E-state index in [-0.39, 0.29) is 5.91 Å². The quantitative estimate of drug-likeness (QED) is 0.874. The van der Waals surface area contributed by atoms with Gasteiger partial charge in [-0.15, -0.1) is 0 Å². The van der Waals surface area contributed by atoms with Crippen molar-refractivity contribution in [1.29, 1.82) is 0 Å². The number of amides is 1. The van der Waals surface area contributed by atoms with Crippen LogP contribution in [0.3, 0.4) is 0 Å². The minimum Gasteiger partial charge on any atom is -0.356 e. The lowest BCUT2D eigenvalue weighted by molar-refractivity contribution is -0.121. The highest BCUT2D eigenvalue weighted by molar-refractivity contribution is 9.10. The third kappa shape index (κ3) is 4.42. The molecule has 0 spiro atoms. The van der Waals surface area contributed by atoms with Crippen LogP contribution in [0.2, 0.25) is 0 Å². The summed E-state index contributed by atoms with van der Waals surface area (Å²) in [5.41, 5.74) is 1.25. The maximum absolute atomic E-state index is 11.7. The van der Waals surface area contributed by atoms with Crippen molar-refractivity contribution in [3.05, 3.63) is 34.3 Å². The Morgan fingerprint density at radius 3 is 2.83 bits per heavy atom. The second kappa shape index (κ2) is 6.90. The van der Waals surface area contributed by atoms with Crippen LogP contribution in [0, 0.1) is 5.92 Å². The van der Waals surface area contributed by atoms with Crippen LogP contribution in [0.1, 0.15) is 18.4 Å². The van der Waals surface area contributed by atoms with E-state index in [1.807, 2.05) is 12.1 Å². The number of hydrogen-bond acceptors (Lipinski definition) is 2. The maximum Gasteiger partial charge on any atom is 0.220 e. The third-order valence-corrected chi connectivity index (χ3v) is 3.81. The van der Waals surface area contributed by atoms with Crippen LogP contribution in [-0.2, 0) is 11.2 Å². The molecule has 18 heavy (non-hydrogen) atoms. The zero-order valence-corrected chi connectivity index (χ0v) is 12.0. The Morgan fingerprint density at radius 1 is 1.39 bits per heavy atom. The molecule has 98 valence electrons. The summed E-state index contributed by atoms with van der Waals surface area (Å²) in [4.78, 5) is 11.7. The first-order valence-electron chi connectivity index (χ1n) is 6.46. The van der Waals surface area contributed by atoms with Crippen LogP contribution in [0.4, 0.5) is 0 Å². The smallest absolute Gasteiger partial charge is 0.220 e. The Labute approximate surface area is 116 Å². The van der Waals surface area contributed by atoms with Crippen LogP contribution in [-0.4, -0.2) is 25.5 Å². The van der Waals surface area contributed by atoms with Crippen molar-refractivity contribution in [2.45, 2.75) is 19.3 Å². The van der Waals surface area contributed by atoms with Gasteiger partial charge in [-0.2, -0.15) is 0 Å². The summed E-state index contributed by atoms with van der Waals surface area (Å²) < 4.78 is 1.09. The van der Waals surface area contributed by atoms with Crippen LogP contribution in [0.15, 0.2) is 28.7 Å². The van der Waals surface area contributed by atoms with Gasteiger partial charge in [0.2, 0.25) is 5.91 Å². The molecule has 0 bridgehead atoms. The molecule has 0 aliphatic carbocycles. The molecule has 2 rings (SSSR count). The van der Waals surface area contributed by atoms with Crippen molar-refractivity contribution in [2.75, 3.05) is 19.6 Å². The molecule has 1 unspecified atom stereocenters. The predicted octanol–water partition coefficient (Wildman–Crippen LogP) is 2.11. The number of rotatable bonds is 5. The van der Waals surface area contributed by atoms with E-state index in [0.29, 0.717) is 12.3 Å². The van der Waals surface area contributed by atoms with Crippen molar-refractivity contribution < 1.29 is 4.79 Å². The summed E-state index contributed by atoms with van der Waals surface area (Å²) >= 11 is 3.41. The Hall–Kier alpha value is -0.870. The monoisotopic (exact) mass is 310 g/mol. The first-order valence-corrected chi connectivity index (χ1v) is 7.25. The summed E-state index contributed by atoms with van der Waals surface area (Å²) in [6.07, 6.45) is 2.68. The lowest BCUT2D eigenvalue weighted by Gasteiger charge is -2.09. The first kappa shape index (κ1) is 13.6. The molecule has 0 radical (unpaired) electrons. The van der Waals surface area contributed by atoms with Gasteiger partial charge in [0.1, 0.15) is 0 Å². The van der Waals surface area contributed by atoms with Gasteiger partial charge in [-0.05, 0) is 49.5 Å². The predicted molar refractivity (Wildman–Crippen MR) is 76.4 cm³/mol. The normalized spacial score (nSPS) is 18.8. The van der Waals surface area contributed by atoms with Crippen molar-refractivity contribution >= 4 is 21.8 Å². The minimum atomic E-state index is 0.181. The third-order valence-electron chi connectivity index (χ3n) is 3.29. The second-order valence-electron chi connectivity index (χ2n) is 4.79. The summed E-state index contributed by atoms with van der Waals surface area (Å²) in [7, 11) is 0. The fourth-order valence-corrected chi connectivity index (χ4v) is 2.48. The summed E-state index contributed by atoms with van der Waals surface area (Å²) in [6.45, 7) is 2.76. The van der Waals surface area contributed by atoms with E-state index >= 15 is 0 Å². The van der Waals surface area contributed by atoms with Crippen LogP contribution < -0.4 is 10.6 Å². The maximum atomic E-state index is 11.7. The fraction of sp³-hybridized carbons (Fsp3) is 0.500. The number of benzene rings is 1. The highest BCUT2D eigenvalue weighted by Crippen LogP contribution is 2.12. The second-order valence-corrected chi connectivity index (χ2v) is 5.71. The average Bonchev–Trinajstić information content (AvgIpc) is 2.84. The minimum absolute atomic E-state index is 0.181. The molecule has 1 aliphatic heterocycles. The van der Waals surface area contributed by atoms with Gasteiger partial charge in [-0.25, -0.2) is 0 Å². The van der Waals surface area contributed by atoms with Crippen molar-refractivity contribution in [2.24, 2.45) is 5.92 Å².